The number of piperidine rings is 1. The van der Waals surface area contributed by atoms with Gasteiger partial charge in [-0.15, -0.1) is 0 Å². The number of rotatable bonds is 2. The average Bonchev–Trinajstić information content (AvgIpc) is 2.49. The molecule has 1 aliphatic heterocycles. The van der Waals surface area contributed by atoms with E-state index in [4.69, 9.17) is 0 Å². The van der Waals surface area contributed by atoms with Crippen LogP contribution in [-0.2, 0) is 0 Å². The molecule has 2 heterocycles. The quantitative estimate of drug-likeness (QED) is 0.890. The molecule has 98 valence electrons. The minimum absolute atomic E-state index is 0.00780. The van der Waals surface area contributed by atoms with Crippen molar-refractivity contribution < 1.29 is 0 Å². The monoisotopic (exact) mass is 255 g/mol. The summed E-state index contributed by atoms with van der Waals surface area (Å²) in [5, 5.41) is 7.85. The maximum absolute atomic E-state index is 12.0. The van der Waals surface area contributed by atoms with Gasteiger partial charge in [-0.2, -0.15) is 5.10 Å². The van der Waals surface area contributed by atoms with E-state index >= 15 is 0 Å². The zero-order chi connectivity index (χ0) is 13.1. The fourth-order valence-corrected chi connectivity index (χ4v) is 2.50. The Kier molecular flexibility index (Phi) is 3.42. The predicted molar refractivity (Wildman–Crippen MR) is 75.1 cm³/mol. The van der Waals surface area contributed by atoms with Crippen LogP contribution < -0.4 is 10.9 Å². The molecule has 2 aromatic rings. The Balaban J connectivity index is 1.98. The summed E-state index contributed by atoms with van der Waals surface area (Å²) in [5.74, 6) is 0. The van der Waals surface area contributed by atoms with Gasteiger partial charge in [-0.25, -0.2) is 4.68 Å². The van der Waals surface area contributed by atoms with Crippen molar-refractivity contribution in [1.29, 1.82) is 0 Å². The number of benzene rings is 1. The highest BCUT2D eigenvalue weighted by Crippen LogP contribution is 2.18. The summed E-state index contributed by atoms with van der Waals surface area (Å²) in [6.45, 7) is 1.91. The minimum Gasteiger partial charge on any atom is -0.317 e. The van der Waals surface area contributed by atoms with Crippen molar-refractivity contribution in [1.82, 2.24) is 15.1 Å². The predicted octanol–water partition coefficient (Wildman–Crippen LogP) is 1.83. The van der Waals surface area contributed by atoms with Crippen molar-refractivity contribution in [3.8, 4) is 11.3 Å². The van der Waals surface area contributed by atoms with Gasteiger partial charge in [0.25, 0.3) is 5.56 Å². The summed E-state index contributed by atoms with van der Waals surface area (Å²) >= 11 is 0. The summed E-state index contributed by atoms with van der Waals surface area (Å²) in [7, 11) is 0. The summed E-state index contributed by atoms with van der Waals surface area (Å²) in [6.07, 6.45) is 1.93. The van der Waals surface area contributed by atoms with E-state index in [1.807, 2.05) is 30.3 Å². The van der Waals surface area contributed by atoms with Gasteiger partial charge < -0.3 is 5.32 Å². The molecule has 0 amide bonds. The van der Waals surface area contributed by atoms with E-state index in [-0.39, 0.29) is 11.6 Å². The van der Waals surface area contributed by atoms with E-state index in [9.17, 15) is 4.79 Å². The van der Waals surface area contributed by atoms with Crippen LogP contribution >= 0.6 is 0 Å². The van der Waals surface area contributed by atoms with Crippen LogP contribution in [0.4, 0.5) is 0 Å². The Morgan fingerprint density at radius 3 is 2.53 bits per heavy atom. The third-order valence-corrected chi connectivity index (χ3v) is 3.55. The highest BCUT2D eigenvalue weighted by atomic mass is 16.1. The molecule has 1 aliphatic rings. The normalized spacial score (nSPS) is 16.4. The second-order valence-corrected chi connectivity index (χ2v) is 4.85. The van der Waals surface area contributed by atoms with Gasteiger partial charge in [0, 0.05) is 11.6 Å². The first kappa shape index (κ1) is 12.1. The molecule has 0 atom stereocenters. The fraction of sp³-hybridized carbons (Fsp3) is 0.333. The van der Waals surface area contributed by atoms with Crippen molar-refractivity contribution in [2.24, 2.45) is 0 Å². The second kappa shape index (κ2) is 5.36. The third kappa shape index (κ3) is 2.58. The van der Waals surface area contributed by atoms with Crippen LogP contribution in [0.1, 0.15) is 18.9 Å². The summed E-state index contributed by atoms with van der Waals surface area (Å²) < 4.78 is 1.66. The van der Waals surface area contributed by atoms with Crippen LogP contribution in [0.3, 0.4) is 0 Å². The molecule has 0 saturated carbocycles. The Bertz CT molecular complexity index is 600. The SMILES string of the molecule is O=c1ccc(-c2ccccc2)nn1C1CCNCC1. The molecule has 0 bridgehead atoms. The Morgan fingerprint density at radius 1 is 1.05 bits per heavy atom. The molecule has 4 nitrogen and oxygen atoms in total. The van der Waals surface area contributed by atoms with E-state index in [2.05, 4.69) is 10.4 Å². The van der Waals surface area contributed by atoms with E-state index in [1.165, 1.54) is 0 Å². The molecular weight excluding hydrogens is 238 g/mol. The smallest absolute Gasteiger partial charge is 0.267 e. The van der Waals surface area contributed by atoms with Gasteiger partial charge in [-0.1, -0.05) is 30.3 Å². The Morgan fingerprint density at radius 2 is 1.79 bits per heavy atom. The van der Waals surface area contributed by atoms with Gasteiger partial charge in [0.1, 0.15) is 0 Å². The molecule has 0 unspecified atom stereocenters. The highest BCUT2D eigenvalue weighted by Gasteiger charge is 2.17. The third-order valence-electron chi connectivity index (χ3n) is 3.55. The largest absolute Gasteiger partial charge is 0.317 e. The second-order valence-electron chi connectivity index (χ2n) is 4.85. The summed E-state index contributed by atoms with van der Waals surface area (Å²) in [6, 6.07) is 13.6. The molecule has 1 fully saturated rings. The van der Waals surface area contributed by atoms with Crippen LogP contribution in [0.5, 0.6) is 0 Å². The number of hydrogen-bond donors (Lipinski definition) is 1. The lowest BCUT2D eigenvalue weighted by atomic mass is 10.1. The Labute approximate surface area is 112 Å². The molecule has 1 saturated heterocycles. The Hall–Kier alpha value is -1.94. The molecule has 0 aliphatic carbocycles. The number of nitrogens with one attached hydrogen (secondary N) is 1. The van der Waals surface area contributed by atoms with Gasteiger partial charge in [-0.3, -0.25) is 4.79 Å². The zero-order valence-electron chi connectivity index (χ0n) is 10.7. The van der Waals surface area contributed by atoms with Crippen LogP contribution in [0, 0.1) is 0 Å². The van der Waals surface area contributed by atoms with Gasteiger partial charge in [0.15, 0.2) is 0 Å². The topological polar surface area (TPSA) is 46.9 Å². The molecular formula is C15H17N3O. The molecule has 4 heteroatoms. The van der Waals surface area contributed by atoms with Crippen LogP contribution in [-0.4, -0.2) is 22.9 Å². The van der Waals surface area contributed by atoms with Crippen LogP contribution in [0.15, 0.2) is 47.3 Å². The molecule has 1 aromatic carbocycles. The maximum Gasteiger partial charge on any atom is 0.267 e. The summed E-state index contributed by atoms with van der Waals surface area (Å²) in [4.78, 5) is 12.0. The molecule has 3 rings (SSSR count). The van der Waals surface area contributed by atoms with E-state index in [0.717, 1.165) is 37.2 Å². The first-order valence-electron chi connectivity index (χ1n) is 6.70. The number of hydrogen-bond acceptors (Lipinski definition) is 3. The van der Waals surface area contributed by atoms with Crippen LogP contribution in [0.25, 0.3) is 11.3 Å². The van der Waals surface area contributed by atoms with E-state index in [0.29, 0.717) is 0 Å². The molecule has 1 aromatic heterocycles. The van der Waals surface area contributed by atoms with Gasteiger partial charge in [0.05, 0.1) is 11.7 Å². The molecule has 1 N–H and O–H groups in total. The fourth-order valence-electron chi connectivity index (χ4n) is 2.50. The van der Waals surface area contributed by atoms with Gasteiger partial charge >= 0.3 is 0 Å². The lowest BCUT2D eigenvalue weighted by Gasteiger charge is -2.23. The highest BCUT2D eigenvalue weighted by molar-refractivity contribution is 5.57. The summed E-state index contributed by atoms with van der Waals surface area (Å²) in [5.41, 5.74) is 1.90. The minimum atomic E-state index is -0.00780. The molecule has 0 spiro atoms. The lowest BCUT2D eigenvalue weighted by molar-refractivity contribution is 0.332. The standard InChI is InChI=1S/C15H17N3O/c19-15-7-6-14(12-4-2-1-3-5-12)17-18(15)13-8-10-16-11-9-13/h1-7,13,16H,8-11H2. The van der Waals surface area contributed by atoms with Crippen molar-refractivity contribution in [3.05, 3.63) is 52.8 Å². The number of nitrogens with zero attached hydrogens (tertiary/aromatic N) is 2. The van der Waals surface area contributed by atoms with Gasteiger partial charge in [-0.05, 0) is 32.0 Å². The maximum atomic E-state index is 12.0. The molecule has 0 radical (unpaired) electrons. The first-order valence-corrected chi connectivity index (χ1v) is 6.70. The van der Waals surface area contributed by atoms with Crippen LogP contribution in [0.2, 0.25) is 0 Å². The van der Waals surface area contributed by atoms with Gasteiger partial charge in [0.2, 0.25) is 0 Å². The van der Waals surface area contributed by atoms with Crippen molar-refractivity contribution in [3.63, 3.8) is 0 Å². The average molecular weight is 255 g/mol. The zero-order valence-corrected chi connectivity index (χ0v) is 10.7. The number of aromatic nitrogens is 2. The lowest BCUT2D eigenvalue weighted by Crippen LogP contribution is -2.35. The van der Waals surface area contributed by atoms with Crippen molar-refractivity contribution in [2.45, 2.75) is 18.9 Å². The molecule has 19 heavy (non-hydrogen) atoms. The van der Waals surface area contributed by atoms with E-state index < -0.39 is 0 Å². The van der Waals surface area contributed by atoms with Crippen molar-refractivity contribution >= 4 is 0 Å². The van der Waals surface area contributed by atoms with E-state index in [1.54, 1.807) is 16.8 Å². The first-order chi connectivity index (χ1) is 9.34. The van der Waals surface area contributed by atoms with Crippen molar-refractivity contribution in [2.75, 3.05) is 13.1 Å².